The number of aromatic nitrogens is 2. The van der Waals surface area contributed by atoms with Gasteiger partial charge in [-0.2, -0.15) is 18.3 Å². The number of ketones is 1. The fourth-order valence-corrected chi connectivity index (χ4v) is 2.53. The number of nitrogens with one attached hydrogen (secondary N) is 2. The molecule has 0 aliphatic heterocycles. The molecule has 4 N–H and O–H groups in total. The second-order valence-electron chi connectivity index (χ2n) is 5.61. The predicted octanol–water partition coefficient (Wildman–Crippen LogP) is 2.93. The smallest absolute Gasteiger partial charge is 0.432 e. The van der Waals surface area contributed by atoms with E-state index in [1.165, 1.54) is 25.1 Å². The number of nitrogens with two attached hydrogens (primary N) is 1. The van der Waals surface area contributed by atoms with E-state index in [1.807, 2.05) is 0 Å². The second-order valence-corrected chi connectivity index (χ2v) is 6.02. The van der Waals surface area contributed by atoms with Crippen LogP contribution in [0.4, 0.5) is 23.8 Å². The van der Waals surface area contributed by atoms with Crippen molar-refractivity contribution < 1.29 is 32.3 Å². The highest BCUT2D eigenvalue weighted by Gasteiger charge is 2.33. The number of anilines is 1. The number of Topliss-reactive ketones (excluding diaryl/α,β-unsaturated/α-hetero) is 1. The molecular weight excluding hydrogens is 405 g/mol. The third-order valence-corrected chi connectivity index (χ3v) is 3.88. The van der Waals surface area contributed by atoms with Crippen LogP contribution in [0.15, 0.2) is 24.3 Å². The molecule has 1 heterocycles. The summed E-state index contributed by atoms with van der Waals surface area (Å²) in [7, 11) is 0. The zero-order valence-corrected chi connectivity index (χ0v) is 15.0. The number of hydrogen-bond acceptors (Lipinski definition) is 5. The summed E-state index contributed by atoms with van der Waals surface area (Å²) in [6, 6.07) is 4.90. The van der Waals surface area contributed by atoms with Crippen molar-refractivity contribution in [2.75, 3.05) is 5.32 Å². The van der Waals surface area contributed by atoms with Gasteiger partial charge in [-0.05, 0) is 18.6 Å². The van der Waals surface area contributed by atoms with Gasteiger partial charge in [-0.15, -0.1) is 0 Å². The minimum Gasteiger partial charge on any atom is -0.439 e. The van der Waals surface area contributed by atoms with Crippen LogP contribution in [-0.2, 0) is 22.1 Å². The van der Waals surface area contributed by atoms with E-state index in [2.05, 4.69) is 15.2 Å². The lowest BCUT2D eigenvalue weighted by Gasteiger charge is -2.13. The van der Waals surface area contributed by atoms with Crippen molar-refractivity contribution in [1.29, 1.82) is 0 Å². The largest absolute Gasteiger partial charge is 0.439 e. The fourth-order valence-electron chi connectivity index (χ4n) is 2.25. The molecule has 0 saturated heterocycles. The summed E-state index contributed by atoms with van der Waals surface area (Å²) in [5.41, 5.74) is 3.77. The number of ether oxygens (including phenoxy) is 1. The molecule has 1 aromatic carbocycles. The Morgan fingerprint density at radius 1 is 1.36 bits per heavy atom. The third-order valence-electron chi connectivity index (χ3n) is 3.56. The molecule has 2 aromatic rings. The Bertz CT molecular complexity index is 914. The normalized spacial score (nSPS) is 12.3. The number of benzene rings is 1. The van der Waals surface area contributed by atoms with Crippen molar-refractivity contribution in [2.45, 2.75) is 25.6 Å². The number of rotatable bonds is 6. The number of halogens is 4. The molecule has 28 heavy (non-hydrogen) atoms. The quantitative estimate of drug-likeness (QED) is 0.664. The summed E-state index contributed by atoms with van der Waals surface area (Å²) in [6.07, 6.45) is -7.28. The van der Waals surface area contributed by atoms with Crippen LogP contribution in [0.2, 0.25) is 5.02 Å². The first-order valence-corrected chi connectivity index (χ1v) is 8.07. The maximum absolute atomic E-state index is 12.6. The van der Waals surface area contributed by atoms with E-state index in [1.54, 1.807) is 5.10 Å². The van der Waals surface area contributed by atoms with E-state index in [9.17, 15) is 27.6 Å². The van der Waals surface area contributed by atoms with E-state index in [4.69, 9.17) is 17.3 Å². The van der Waals surface area contributed by atoms with Crippen LogP contribution in [0, 0.1) is 0 Å². The highest BCUT2D eigenvalue weighted by Crippen LogP contribution is 2.29. The van der Waals surface area contributed by atoms with E-state index in [0.717, 1.165) is 0 Å². The first-order valence-electron chi connectivity index (χ1n) is 7.69. The van der Waals surface area contributed by atoms with Crippen LogP contribution in [-0.4, -0.2) is 34.1 Å². The molecule has 150 valence electrons. The molecule has 0 radical (unpaired) electrons. The van der Waals surface area contributed by atoms with Gasteiger partial charge in [0, 0.05) is 12.5 Å². The van der Waals surface area contributed by atoms with Gasteiger partial charge >= 0.3 is 12.3 Å². The minimum atomic E-state index is -4.66. The molecule has 0 aliphatic rings. The van der Waals surface area contributed by atoms with Crippen molar-refractivity contribution in [2.24, 2.45) is 5.73 Å². The molecule has 1 aromatic heterocycles. The fraction of sp³-hybridized carbons (Fsp3) is 0.250. The van der Waals surface area contributed by atoms with Crippen LogP contribution >= 0.6 is 11.6 Å². The van der Waals surface area contributed by atoms with Crippen LogP contribution in [0.25, 0.3) is 0 Å². The molecule has 0 fully saturated rings. The molecule has 8 nitrogen and oxygen atoms in total. The number of alkyl halides is 3. The number of aromatic amines is 1. The van der Waals surface area contributed by atoms with Gasteiger partial charge in [-0.25, -0.2) is 4.79 Å². The maximum atomic E-state index is 12.6. The van der Waals surface area contributed by atoms with E-state index >= 15 is 0 Å². The maximum Gasteiger partial charge on any atom is 0.432 e. The van der Waals surface area contributed by atoms with Crippen molar-refractivity contribution in [3.05, 3.63) is 46.1 Å². The molecule has 0 bridgehead atoms. The van der Waals surface area contributed by atoms with E-state index in [-0.39, 0.29) is 28.4 Å². The predicted molar refractivity (Wildman–Crippen MR) is 91.8 cm³/mol. The van der Waals surface area contributed by atoms with E-state index < -0.39 is 35.8 Å². The van der Waals surface area contributed by atoms with Gasteiger partial charge in [-0.3, -0.25) is 14.7 Å². The first-order chi connectivity index (χ1) is 13.0. The molecule has 0 saturated carbocycles. The zero-order chi connectivity index (χ0) is 21.1. The molecule has 2 amide bonds. The van der Waals surface area contributed by atoms with Gasteiger partial charge < -0.3 is 15.8 Å². The number of amides is 2. The standard InChI is InChI=1S/C16H14ClF3N4O4/c1-7(28-15(21)27)10(25)5-8-3-2-4-9(17)13(8)14(26)22-12-6-11(23-24-12)16(18,19)20/h2-4,6-7H,5H2,1H3,(H2,21,27)(H2,22,23,24,26)/t7-/m0/s1. The van der Waals surface area contributed by atoms with Crippen molar-refractivity contribution in [1.82, 2.24) is 10.2 Å². The topological polar surface area (TPSA) is 127 Å². The summed E-state index contributed by atoms with van der Waals surface area (Å²) in [4.78, 5) is 35.4. The summed E-state index contributed by atoms with van der Waals surface area (Å²) in [5, 5.41) is 7.29. The Hall–Kier alpha value is -3.08. The summed E-state index contributed by atoms with van der Waals surface area (Å²) in [6.45, 7) is 1.31. The lowest BCUT2D eigenvalue weighted by atomic mass is 9.99. The van der Waals surface area contributed by atoms with Crippen molar-refractivity contribution in [3.8, 4) is 0 Å². The monoisotopic (exact) mass is 418 g/mol. The first kappa shape index (κ1) is 21.2. The van der Waals surface area contributed by atoms with Gasteiger partial charge in [0.1, 0.15) is 5.69 Å². The van der Waals surface area contributed by atoms with Crippen LogP contribution in [0.3, 0.4) is 0 Å². The van der Waals surface area contributed by atoms with Crippen molar-refractivity contribution in [3.63, 3.8) is 0 Å². The second kappa shape index (κ2) is 8.30. The van der Waals surface area contributed by atoms with E-state index in [0.29, 0.717) is 6.07 Å². The average Bonchev–Trinajstić information content (AvgIpc) is 3.02. The lowest BCUT2D eigenvalue weighted by Crippen LogP contribution is -2.29. The number of carbonyl (C=O) groups is 3. The average molecular weight is 419 g/mol. The van der Waals surface area contributed by atoms with Crippen LogP contribution in [0.5, 0.6) is 0 Å². The number of primary amides is 1. The summed E-state index contributed by atoms with van der Waals surface area (Å²) in [5.74, 6) is -1.80. The third kappa shape index (κ3) is 5.22. The molecule has 0 spiro atoms. The SMILES string of the molecule is C[C@H](OC(N)=O)C(=O)Cc1cccc(Cl)c1C(=O)Nc1cc(C(F)(F)F)[nH]n1. The molecule has 1 atom stereocenters. The van der Waals surface area contributed by atoms with Gasteiger partial charge in [0.15, 0.2) is 17.7 Å². The molecular formula is C16H14ClF3N4O4. The number of carbonyl (C=O) groups excluding carboxylic acids is 3. The highest BCUT2D eigenvalue weighted by molar-refractivity contribution is 6.34. The minimum absolute atomic E-state index is 0.0298. The highest BCUT2D eigenvalue weighted by atomic mass is 35.5. The summed E-state index contributed by atoms with van der Waals surface area (Å²) >= 11 is 6.03. The van der Waals surface area contributed by atoms with Crippen LogP contribution < -0.4 is 11.1 Å². The molecule has 0 aliphatic carbocycles. The van der Waals surface area contributed by atoms with Gasteiger partial charge in [-0.1, -0.05) is 23.7 Å². The Labute approximate surface area is 161 Å². The van der Waals surface area contributed by atoms with Gasteiger partial charge in [0.25, 0.3) is 5.91 Å². The molecule has 2 rings (SSSR count). The van der Waals surface area contributed by atoms with Crippen LogP contribution in [0.1, 0.15) is 28.5 Å². The Balaban J connectivity index is 2.23. The molecule has 12 heteroatoms. The van der Waals surface area contributed by atoms with Gasteiger partial charge in [0.05, 0.1) is 10.6 Å². The van der Waals surface area contributed by atoms with Gasteiger partial charge in [0.2, 0.25) is 0 Å². The lowest BCUT2D eigenvalue weighted by molar-refractivity contribution is -0.141. The molecule has 0 unspecified atom stereocenters. The zero-order valence-electron chi connectivity index (χ0n) is 14.3. The number of H-pyrrole nitrogens is 1. The number of hydrogen-bond donors (Lipinski definition) is 3. The Kier molecular flexibility index (Phi) is 6.29. The van der Waals surface area contributed by atoms with Crippen molar-refractivity contribution >= 4 is 35.2 Å². The Morgan fingerprint density at radius 2 is 2.04 bits per heavy atom. The number of nitrogens with zero attached hydrogens (tertiary/aromatic N) is 1. The Morgan fingerprint density at radius 3 is 2.61 bits per heavy atom. The summed E-state index contributed by atoms with van der Waals surface area (Å²) < 4.78 is 42.4.